The summed E-state index contributed by atoms with van der Waals surface area (Å²) in [6.45, 7) is 3.67. The van der Waals surface area contributed by atoms with Gasteiger partial charge in [-0.15, -0.1) is 0 Å². The Labute approximate surface area is 122 Å². The minimum Gasteiger partial charge on any atom is -0.481 e. The second-order valence-electron chi connectivity index (χ2n) is 4.84. The number of nitrogens with one attached hydrogen (secondary N) is 1. The predicted octanol–water partition coefficient (Wildman–Crippen LogP) is 0.0142. The Balaban J connectivity index is 1.87. The highest BCUT2D eigenvalue weighted by atomic mass is 16.5. The molecule has 8 nitrogen and oxygen atoms in total. The van der Waals surface area contributed by atoms with Crippen molar-refractivity contribution in [1.29, 1.82) is 0 Å². The number of amides is 2. The molecule has 0 saturated carbocycles. The first kappa shape index (κ1) is 15.3. The van der Waals surface area contributed by atoms with Gasteiger partial charge in [-0.3, -0.25) is 9.48 Å². The number of carboxylic acid groups (broad SMARTS) is 1. The Morgan fingerprint density at radius 2 is 2.33 bits per heavy atom. The van der Waals surface area contributed by atoms with Crippen LogP contribution in [0.15, 0.2) is 18.5 Å². The molecule has 0 aliphatic carbocycles. The molecule has 2 atom stereocenters. The maximum atomic E-state index is 12.2. The van der Waals surface area contributed by atoms with Crippen molar-refractivity contribution in [1.82, 2.24) is 20.0 Å². The molecular formula is C13H20N4O4. The molecule has 116 valence electrons. The Kier molecular flexibility index (Phi) is 5.15. The number of carbonyl (C=O) groups is 2. The maximum absolute atomic E-state index is 12.2. The molecule has 0 radical (unpaired) electrons. The van der Waals surface area contributed by atoms with Gasteiger partial charge in [-0.2, -0.15) is 5.10 Å². The molecule has 0 bridgehead atoms. The molecule has 21 heavy (non-hydrogen) atoms. The highest BCUT2D eigenvalue weighted by molar-refractivity contribution is 5.77. The first-order chi connectivity index (χ1) is 10.1. The fourth-order valence-corrected chi connectivity index (χ4v) is 2.43. The van der Waals surface area contributed by atoms with Crippen LogP contribution in [0.1, 0.15) is 6.92 Å². The average molecular weight is 296 g/mol. The van der Waals surface area contributed by atoms with Gasteiger partial charge in [0.15, 0.2) is 0 Å². The number of hydrogen-bond donors (Lipinski definition) is 2. The number of carbonyl (C=O) groups excluding carboxylic acids is 1. The van der Waals surface area contributed by atoms with E-state index in [4.69, 9.17) is 9.84 Å². The van der Waals surface area contributed by atoms with Crippen LogP contribution in [-0.4, -0.2) is 64.1 Å². The Morgan fingerprint density at radius 3 is 2.95 bits per heavy atom. The lowest BCUT2D eigenvalue weighted by Crippen LogP contribution is -2.50. The summed E-state index contributed by atoms with van der Waals surface area (Å²) in [6, 6.07) is 1.12. The number of aliphatic carboxylic acids is 1. The van der Waals surface area contributed by atoms with E-state index in [1.54, 1.807) is 10.9 Å². The van der Waals surface area contributed by atoms with Crippen LogP contribution in [-0.2, 0) is 16.1 Å². The molecule has 2 rings (SSSR count). The lowest BCUT2D eigenvalue weighted by molar-refractivity contribution is -0.142. The van der Waals surface area contributed by atoms with Gasteiger partial charge in [0.2, 0.25) is 0 Å². The summed E-state index contributed by atoms with van der Waals surface area (Å²) < 4.78 is 6.93. The fourth-order valence-electron chi connectivity index (χ4n) is 2.43. The minimum absolute atomic E-state index is 0.150. The molecule has 1 fully saturated rings. The van der Waals surface area contributed by atoms with Gasteiger partial charge in [0.25, 0.3) is 0 Å². The second-order valence-corrected chi connectivity index (χ2v) is 4.84. The maximum Gasteiger partial charge on any atom is 0.317 e. The molecule has 1 saturated heterocycles. The molecule has 1 aromatic rings. The van der Waals surface area contributed by atoms with Gasteiger partial charge in [0.1, 0.15) is 5.92 Å². The van der Waals surface area contributed by atoms with Crippen LogP contribution in [0.4, 0.5) is 4.79 Å². The Morgan fingerprint density at radius 1 is 1.52 bits per heavy atom. The van der Waals surface area contributed by atoms with E-state index < -0.39 is 17.9 Å². The van der Waals surface area contributed by atoms with Gasteiger partial charge in [0.05, 0.1) is 25.8 Å². The number of aromatic nitrogens is 2. The number of rotatable bonds is 6. The number of urea groups is 1. The van der Waals surface area contributed by atoms with Crippen molar-refractivity contribution in [3.8, 4) is 0 Å². The highest BCUT2D eigenvalue weighted by Gasteiger charge is 2.39. The molecule has 2 heterocycles. The van der Waals surface area contributed by atoms with Gasteiger partial charge in [-0.05, 0) is 13.0 Å². The topological polar surface area (TPSA) is 96.7 Å². The van der Waals surface area contributed by atoms with Crippen molar-refractivity contribution in [3.05, 3.63) is 18.5 Å². The van der Waals surface area contributed by atoms with E-state index >= 15 is 0 Å². The van der Waals surface area contributed by atoms with Crippen LogP contribution >= 0.6 is 0 Å². The Bertz CT molecular complexity index is 477. The van der Waals surface area contributed by atoms with Crippen LogP contribution in [0.3, 0.4) is 0 Å². The molecule has 2 N–H and O–H groups in total. The summed E-state index contributed by atoms with van der Waals surface area (Å²) >= 11 is 0. The van der Waals surface area contributed by atoms with Gasteiger partial charge < -0.3 is 20.1 Å². The lowest BCUT2D eigenvalue weighted by atomic mass is 10.0. The largest absolute Gasteiger partial charge is 0.481 e. The molecule has 8 heteroatoms. The number of carboxylic acids is 1. The number of hydrogen-bond acceptors (Lipinski definition) is 4. The van der Waals surface area contributed by atoms with Gasteiger partial charge in [-0.25, -0.2) is 4.79 Å². The molecule has 0 aromatic carbocycles. The number of nitrogens with zero attached hydrogens (tertiary/aromatic N) is 3. The van der Waals surface area contributed by atoms with Crippen LogP contribution < -0.4 is 5.32 Å². The third-order valence-electron chi connectivity index (χ3n) is 3.55. The van der Waals surface area contributed by atoms with E-state index in [1.165, 1.54) is 4.90 Å². The molecule has 2 amide bonds. The van der Waals surface area contributed by atoms with E-state index in [1.807, 2.05) is 19.2 Å². The standard InChI is InChI=1S/C13H20N4O4/c1-2-17(11-9-21-8-10(11)12(18)19)13(20)14-5-7-16-6-3-4-15-16/h3-4,6,10-11H,2,5,7-9H2,1H3,(H,14,20)(H,18,19). The van der Waals surface area contributed by atoms with E-state index in [0.717, 1.165) is 0 Å². The van der Waals surface area contributed by atoms with E-state index in [-0.39, 0.29) is 19.2 Å². The van der Waals surface area contributed by atoms with Crippen LogP contribution in [0, 0.1) is 5.92 Å². The number of ether oxygens (including phenoxy) is 1. The first-order valence-electron chi connectivity index (χ1n) is 6.96. The smallest absolute Gasteiger partial charge is 0.317 e. The van der Waals surface area contributed by atoms with Crippen LogP contribution in [0.2, 0.25) is 0 Å². The second kappa shape index (κ2) is 7.07. The van der Waals surface area contributed by atoms with E-state index in [9.17, 15) is 9.59 Å². The van der Waals surface area contributed by atoms with Gasteiger partial charge in [0, 0.05) is 25.5 Å². The number of likely N-dealkylation sites (N-methyl/N-ethyl adjacent to an activating group) is 1. The Hall–Kier alpha value is -2.09. The van der Waals surface area contributed by atoms with E-state index in [0.29, 0.717) is 19.6 Å². The monoisotopic (exact) mass is 296 g/mol. The van der Waals surface area contributed by atoms with Crippen molar-refractivity contribution in [2.75, 3.05) is 26.3 Å². The molecule has 1 aliphatic heterocycles. The third kappa shape index (κ3) is 3.72. The molecule has 1 aromatic heterocycles. The first-order valence-corrected chi connectivity index (χ1v) is 6.96. The van der Waals surface area contributed by atoms with Gasteiger partial charge in [-0.1, -0.05) is 0 Å². The summed E-state index contributed by atoms with van der Waals surface area (Å²) in [7, 11) is 0. The highest BCUT2D eigenvalue weighted by Crippen LogP contribution is 2.20. The minimum atomic E-state index is -0.930. The van der Waals surface area contributed by atoms with Crippen molar-refractivity contribution in [2.24, 2.45) is 5.92 Å². The lowest BCUT2D eigenvalue weighted by Gasteiger charge is -2.29. The SMILES string of the molecule is CCN(C(=O)NCCn1cccn1)C1COCC1C(=O)O. The summed E-state index contributed by atoms with van der Waals surface area (Å²) in [6.07, 6.45) is 3.49. The quantitative estimate of drug-likeness (QED) is 0.771. The zero-order valence-electron chi connectivity index (χ0n) is 11.9. The molecule has 2 unspecified atom stereocenters. The van der Waals surface area contributed by atoms with Crippen molar-refractivity contribution < 1.29 is 19.4 Å². The summed E-state index contributed by atoms with van der Waals surface area (Å²) in [5.41, 5.74) is 0. The third-order valence-corrected chi connectivity index (χ3v) is 3.55. The molecule has 1 aliphatic rings. The van der Waals surface area contributed by atoms with Crippen LogP contribution in [0.25, 0.3) is 0 Å². The zero-order valence-corrected chi connectivity index (χ0v) is 11.9. The predicted molar refractivity (Wildman–Crippen MR) is 73.7 cm³/mol. The molecule has 0 spiro atoms. The summed E-state index contributed by atoms with van der Waals surface area (Å²) in [5.74, 6) is -1.60. The van der Waals surface area contributed by atoms with Crippen molar-refractivity contribution in [2.45, 2.75) is 19.5 Å². The summed E-state index contributed by atoms with van der Waals surface area (Å²) in [5, 5.41) is 16.0. The average Bonchev–Trinajstić information content (AvgIpc) is 3.10. The summed E-state index contributed by atoms with van der Waals surface area (Å²) in [4.78, 5) is 24.9. The van der Waals surface area contributed by atoms with Crippen molar-refractivity contribution in [3.63, 3.8) is 0 Å². The molecular weight excluding hydrogens is 276 g/mol. The fraction of sp³-hybridized carbons (Fsp3) is 0.615. The van der Waals surface area contributed by atoms with E-state index in [2.05, 4.69) is 10.4 Å². The normalized spacial score (nSPS) is 21.2. The van der Waals surface area contributed by atoms with Crippen molar-refractivity contribution >= 4 is 12.0 Å². The zero-order chi connectivity index (χ0) is 15.2. The van der Waals surface area contributed by atoms with Gasteiger partial charge >= 0.3 is 12.0 Å². The van der Waals surface area contributed by atoms with Crippen LogP contribution in [0.5, 0.6) is 0 Å².